The van der Waals surface area contributed by atoms with Crippen LogP contribution in [0.2, 0.25) is 5.02 Å². The monoisotopic (exact) mass is 376 g/mol. The van der Waals surface area contributed by atoms with Crippen LogP contribution >= 0.6 is 11.6 Å². The van der Waals surface area contributed by atoms with Crippen molar-refractivity contribution in [2.75, 3.05) is 40.0 Å². The van der Waals surface area contributed by atoms with Crippen molar-refractivity contribution in [3.63, 3.8) is 0 Å². The van der Waals surface area contributed by atoms with Gasteiger partial charge in [0.2, 0.25) is 10.0 Å². The summed E-state index contributed by atoms with van der Waals surface area (Å²) < 4.78 is 30.2. The number of rotatable bonds is 5. The molecule has 0 unspecified atom stereocenters. The number of aliphatic hydroxyl groups excluding tert-OH is 1. The van der Waals surface area contributed by atoms with Crippen LogP contribution in [0.15, 0.2) is 18.2 Å². The average Bonchev–Trinajstić information content (AvgIpc) is 2.86. The summed E-state index contributed by atoms with van der Waals surface area (Å²) in [6.07, 6.45) is -0.884. The summed E-state index contributed by atoms with van der Waals surface area (Å²) in [6, 6.07) is 4.66. The van der Waals surface area contributed by atoms with Crippen molar-refractivity contribution in [3.8, 4) is 5.75 Å². The molecule has 1 aliphatic rings. The Kier molecular flexibility index (Phi) is 5.74. The summed E-state index contributed by atoms with van der Waals surface area (Å²) in [4.78, 5) is 14.0. The Bertz CT molecular complexity index is 723. The van der Waals surface area contributed by atoms with Crippen LogP contribution in [0.1, 0.15) is 10.4 Å². The van der Waals surface area contributed by atoms with E-state index in [-0.39, 0.29) is 24.7 Å². The lowest BCUT2D eigenvalue weighted by atomic mass is 10.1. The Morgan fingerprint density at radius 2 is 2.04 bits per heavy atom. The minimum absolute atomic E-state index is 0.0846. The van der Waals surface area contributed by atoms with Crippen LogP contribution in [0.4, 0.5) is 0 Å². The third kappa shape index (κ3) is 4.18. The van der Waals surface area contributed by atoms with Crippen molar-refractivity contribution >= 4 is 27.5 Å². The van der Waals surface area contributed by atoms with Crippen LogP contribution < -0.4 is 4.74 Å². The fraction of sp³-hybridized carbons (Fsp3) is 0.533. The predicted molar refractivity (Wildman–Crippen MR) is 90.9 cm³/mol. The number of aliphatic hydroxyl groups is 1. The van der Waals surface area contributed by atoms with Crippen molar-refractivity contribution in [1.29, 1.82) is 0 Å². The highest BCUT2D eigenvalue weighted by atomic mass is 35.5. The number of β-amino-alcohol motifs (C(OH)–C–C–N with tert-alkyl or cyclic N) is 1. The number of methoxy groups -OCH3 is 1. The molecule has 2 atom stereocenters. The van der Waals surface area contributed by atoms with Crippen LogP contribution in [0.3, 0.4) is 0 Å². The maximum absolute atomic E-state index is 12.6. The topological polar surface area (TPSA) is 87.2 Å². The molecule has 24 heavy (non-hydrogen) atoms. The number of benzene rings is 1. The molecule has 0 spiro atoms. The molecule has 0 bridgehead atoms. The molecule has 2 rings (SSSR count). The Balaban J connectivity index is 2.14. The van der Waals surface area contributed by atoms with E-state index in [1.165, 1.54) is 32.2 Å². The number of halogens is 1. The van der Waals surface area contributed by atoms with Crippen molar-refractivity contribution < 1.29 is 23.1 Å². The first-order valence-electron chi connectivity index (χ1n) is 7.36. The highest BCUT2D eigenvalue weighted by Crippen LogP contribution is 2.25. The van der Waals surface area contributed by atoms with Gasteiger partial charge in [-0.25, -0.2) is 12.7 Å². The second kappa shape index (κ2) is 7.26. The van der Waals surface area contributed by atoms with Crippen molar-refractivity contribution in [3.05, 3.63) is 28.8 Å². The Labute approximate surface area is 146 Å². The van der Waals surface area contributed by atoms with Gasteiger partial charge in [-0.05, 0) is 18.2 Å². The van der Waals surface area contributed by atoms with Gasteiger partial charge in [-0.1, -0.05) is 11.6 Å². The SMILES string of the molecule is COc1cc(Cl)cc(C(=O)N2C[C@@H](CS(=O)(=O)N(C)C)[C@@H](O)C2)c1. The van der Waals surface area contributed by atoms with Gasteiger partial charge in [0.15, 0.2) is 0 Å². The summed E-state index contributed by atoms with van der Waals surface area (Å²) in [5, 5.41) is 10.5. The largest absolute Gasteiger partial charge is 0.497 e. The molecule has 0 saturated carbocycles. The van der Waals surface area contributed by atoms with E-state index in [0.29, 0.717) is 16.3 Å². The van der Waals surface area contributed by atoms with Gasteiger partial charge in [0, 0.05) is 43.7 Å². The molecule has 0 aromatic heterocycles. The fourth-order valence-corrected chi connectivity index (χ4v) is 3.98. The predicted octanol–water partition coefficient (Wildman–Crippen LogP) is 0.673. The van der Waals surface area contributed by atoms with E-state index in [2.05, 4.69) is 0 Å². The van der Waals surface area contributed by atoms with E-state index in [0.717, 1.165) is 4.31 Å². The van der Waals surface area contributed by atoms with Gasteiger partial charge in [-0.3, -0.25) is 4.79 Å². The fourth-order valence-electron chi connectivity index (χ4n) is 2.59. The first-order chi connectivity index (χ1) is 11.1. The summed E-state index contributed by atoms with van der Waals surface area (Å²) >= 11 is 5.97. The van der Waals surface area contributed by atoms with Crippen LogP contribution in [0.25, 0.3) is 0 Å². The molecule has 9 heteroatoms. The Morgan fingerprint density at radius 1 is 1.38 bits per heavy atom. The van der Waals surface area contributed by atoms with E-state index >= 15 is 0 Å². The summed E-state index contributed by atoms with van der Waals surface area (Å²) in [5.74, 6) is -0.594. The first-order valence-corrected chi connectivity index (χ1v) is 9.35. The van der Waals surface area contributed by atoms with E-state index in [1.54, 1.807) is 12.1 Å². The number of amides is 1. The number of carbonyl (C=O) groups excluding carboxylic acids is 1. The van der Waals surface area contributed by atoms with Gasteiger partial charge in [0.05, 0.1) is 19.0 Å². The molecule has 7 nitrogen and oxygen atoms in total. The second-order valence-corrected chi connectivity index (χ2v) is 8.64. The van der Waals surface area contributed by atoms with Crippen LogP contribution in [0.5, 0.6) is 5.75 Å². The molecule has 1 aromatic carbocycles. The molecular formula is C15H21ClN2O5S. The molecule has 134 valence electrons. The molecule has 1 fully saturated rings. The van der Waals surface area contributed by atoms with Gasteiger partial charge in [0.25, 0.3) is 5.91 Å². The maximum atomic E-state index is 12.6. The summed E-state index contributed by atoms with van der Waals surface area (Å²) in [5.41, 5.74) is 0.336. The van der Waals surface area contributed by atoms with Crippen LogP contribution in [0, 0.1) is 5.92 Å². The Morgan fingerprint density at radius 3 is 2.62 bits per heavy atom. The van der Waals surface area contributed by atoms with Gasteiger partial charge < -0.3 is 14.7 Å². The van der Waals surface area contributed by atoms with E-state index in [9.17, 15) is 18.3 Å². The normalized spacial score (nSPS) is 21.3. The van der Waals surface area contributed by atoms with Crippen LogP contribution in [-0.2, 0) is 10.0 Å². The number of sulfonamides is 1. The molecular weight excluding hydrogens is 356 g/mol. The lowest BCUT2D eigenvalue weighted by Crippen LogP contribution is -2.33. The number of ether oxygens (including phenoxy) is 1. The molecule has 0 radical (unpaired) electrons. The second-order valence-electron chi connectivity index (χ2n) is 5.98. The van der Waals surface area contributed by atoms with Gasteiger partial charge >= 0.3 is 0 Å². The highest BCUT2D eigenvalue weighted by Gasteiger charge is 2.37. The van der Waals surface area contributed by atoms with Crippen molar-refractivity contribution in [1.82, 2.24) is 9.21 Å². The minimum Gasteiger partial charge on any atom is -0.497 e. The zero-order valence-corrected chi connectivity index (χ0v) is 15.3. The minimum atomic E-state index is -3.45. The van der Waals surface area contributed by atoms with E-state index < -0.39 is 22.0 Å². The lowest BCUT2D eigenvalue weighted by Gasteiger charge is -2.18. The Hall–Kier alpha value is -1.35. The number of likely N-dealkylation sites (tertiary alicyclic amines) is 1. The lowest BCUT2D eigenvalue weighted by molar-refractivity contribution is 0.0764. The van der Waals surface area contributed by atoms with Gasteiger partial charge in [-0.2, -0.15) is 0 Å². The summed E-state index contributed by atoms with van der Waals surface area (Å²) in [6.45, 7) is 0.253. The van der Waals surface area contributed by atoms with Gasteiger partial charge in [0.1, 0.15) is 5.75 Å². The summed E-state index contributed by atoms with van der Waals surface area (Å²) in [7, 11) is 0.907. The highest BCUT2D eigenvalue weighted by molar-refractivity contribution is 7.89. The molecule has 0 aliphatic carbocycles. The van der Waals surface area contributed by atoms with E-state index in [1.807, 2.05) is 0 Å². The van der Waals surface area contributed by atoms with Gasteiger partial charge in [-0.15, -0.1) is 0 Å². The average molecular weight is 377 g/mol. The number of carbonyl (C=O) groups is 1. The standard InChI is InChI=1S/C15H21ClN2O5S/c1-17(2)24(21,22)9-11-7-18(8-14(11)19)15(20)10-4-12(16)6-13(5-10)23-3/h4-6,11,14,19H,7-9H2,1-3H3/t11-,14-/m0/s1. The number of hydrogen-bond donors (Lipinski definition) is 1. The maximum Gasteiger partial charge on any atom is 0.254 e. The first kappa shape index (κ1) is 19.0. The number of nitrogens with zero attached hydrogens (tertiary/aromatic N) is 2. The third-order valence-electron chi connectivity index (χ3n) is 4.03. The zero-order chi connectivity index (χ0) is 18.1. The molecule has 1 saturated heterocycles. The molecule has 1 N–H and O–H groups in total. The van der Waals surface area contributed by atoms with Crippen LogP contribution in [-0.4, -0.2) is 74.8 Å². The molecule has 1 heterocycles. The van der Waals surface area contributed by atoms with Crippen molar-refractivity contribution in [2.45, 2.75) is 6.10 Å². The van der Waals surface area contributed by atoms with Crippen molar-refractivity contribution in [2.24, 2.45) is 5.92 Å². The smallest absolute Gasteiger partial charge is 0.254 e. The molecule has 1 aromatic rings. The quantitative estimate of drug-likeness (QED) is 0.816. The third-order valence-corrected chi connectivity index (χ3v) is 6.21. The molecule has 1 aliphatic heterocycles. The molecule has 1 amide bonds. The zero-order valence-electron chi connectivity index (χ0n) is 13.8. The number of hydrogen-bond acceptors (Lipinski definition) is 5. The van der Waals surface area contributed by atoms with E-state index in [4.69, 9.17) is 16.3 Å².